The van der Waals surface area contributed by atoms with E-state index in [9.17, 15) is 4.79 Å². The molecule has 20 heavy (non-hydrogen) atoms. The molecule has 1 aliphatic rings. The highest BCUT2D eigenvalue weighted by molar-refractivity contribution is 7.80. The molecule has 1 atom stereocenters. The standard InChI is InChI=1S/C16H22N2OS/c1-12-5-3-2-4-10-18(12)15(19)11-13-6-8-14(9-7-13)16(17)20/h6-9,12H,2-5,10-11H2,1H3,(H2,17,20). The Labute approximate surface area is 126 Å². The highest BCUT2D eigenvalue weighted by Crippen LogP contribution is 2.17. The van der Waals surface area contributed by atoms with Gasteiger partial charge in [-0.1, -0.05) is 49.3 Å². The maximum Gasteiger partial charge on any atom is 0.227 e. The van der Waals surface area contributed by atoms with Gasteiger partial charge in [-0.2, -0.15) is 0 Å². The second kappa shape index (κ2) is 6.84. The Morgan fingerprint density at radius 3 is 2.65 bits per heavy atom. The Morgan fingerprint density at radius 2 is 2.00 bits per heavy atom. The maximum absolute atomic E-state index is 12.4. The number of nitrogens with two attached hydrogens (primary N) is 1. The van der Waals surface area contributed by atoms with Crippen molar-refractivity contribution in [2.24, 2.45) is 5.73 Å². The Balaban J connectivity index is 2.01. The summed E-state index contributed by atoms with van der Waals surface area (Å²) in [6.07, 6.45) is 5.16. The van der Waals surface area contributed by atoms with Crippen LogP contribution in [0.4, 0.5) is 0 Å². The quantitative estimate of drug-likeness (QED) is 0.871. The van der Waals surface area contributed by atoms with E-state index >= 15 is 0 Å². The number of carbonyl (C=O) groups is 1. The summed E-state index contributed by atoms with van der Waals surface area (Å²) in [7, 11) is 0. The van der Waals surface area contributed by atoms with Crippen LogP contribution in [0.3, 0.4) is 0 Å². The lowest BCUT2D eigenvalue weighted by Crippen LogP contribution is -2.39. The molecule has 1 unspecified atom stereocenters. The first-order valence-electron chi connectivity index (χ1n) is 7.26. The number of likely N-dealkylation sites (tertiary alicyclic amines) is 1. The molecule has 0 bridgehead atoms. The van der Waals surface area contributed by atoms with Gasteiger partial charge in [0.1, 0.15) is 4.99 Å². The fourth-order valence-electron chi connectivity index (χ4n) is 2.71. The van der Waals surface area contributed by atoms with E-state index < -0.39 is 0 Å². The summed E-state index contributed by atoms with van der Waals surface area (Å²) in [5, 5.41) is 0. The number of thiocarbonyl (C=S) groups is 1. The summed E-state index contributed by atoms with van der Waals surface area (Å²) in [5.74, 6) is 0.225. The highest BCUT2D eigenvalue weighted by Gasteiger charge is 2.21. The van der Waals surface area contributed by atoms with E-state index in [2.05, 4.69) is 6.92 Å². The highest BCUT2D eigenvalue weighted by atomic mass is 32.1. The molecule has 0 aliphatic carbocycles. The van der Waals surface area contributed by atoms with Crippen molar-refractivity contribution in [2.45, 2.75) is 45.1 Å². The Morgan fingerprint density at radius 1 is 1.30 bits per heavy atom. The topological polar surface area (TPSA) is 46.3 Å². The van der Waals surface area contributed by atoms with Crippen LogP contribution in [0.15, 0.2) is 24.3 Å². The van der Waals surface area contributed by atoms with E-state index in [0.29, 0.717) is 17.5 Å². The molecule has 1 aromatic rings. The molecule has 1 heterocycles. The van der Waals surface area contributed by atoms with Gasteiger partial charge in [-0.25, -0.2) is 0 Å². The molecule has 0 radical (unpaired) electrons. The predicted molar refractivity (Wildman–Crippen MR) is 85.7 cm³/mol. The van der Waals surface area contributed by atoms with E-state index in [1.54, 1.807) is 0 Å². The lowest BCUT2D eigenvalue weighted by Gasteiger charge is -2.27. The van der Waals surface area contributed by atoms with Crippen LogP contribution in [0.25, 0.3) is 0 Å². The van der Waals surface area contributed by atoms with Gasteiger partial charge < -0.3 is 10.6 Å². The Bertz CT molecular complexity index is 484. The Kier molecular flexibility index (Phi) is 5.12. The van der Waals surface area contributed by atoms with Crippen molar-refractivity contribution >= 4 is 23.1 Å². The number of carbonyl (C=O) groups excluding carboxylic acids is 1. The van der Waals surface area contributed by atoms with Gasteiger partial charge in [0.05, 0.1) is 6.42 Å². The minimum absolute atomic E-state index is 0.225. The Hall–Kier alpha value is -1.42. The van der Waals surface area contributed by atoms with Gasteiger partial charge in [0.15, 0.2) is 0 Å². The van der Waals surface area contributed by atoms with E-state index in [-0.39, 0.29) is 5.91 Å². The van der Waals surface area contributed by atoms with E-state index in [4.69, 9.17) is 18.0 Å². The van der Waals surface area contributed by atoms with Crippen molar-refractivity contribution in [3.05, 3.63) is 35.4 Å². The molecule has 1 aliphatic heterocycles. The zero-order chi connectivity index (χ0) is 14.5. The number of amides is 1. The zero-order valence-electron chi connectivity index (χ0n) is 12.0. The van der Waals surface area contributed by atoms with Crippen molar-refractivity contribution in [1.29, 1.82) is 0 Å². The summed E-state index contributed by atoms with van der Waals surface area (Å²) >= 11 is 4.93. The third kappa shape index (κ3) is 3.79. The molecule has 1 aromatic carbocycles. The van der Waals surface area contributed by atoms with Gasteiger partial charge in [-0.05, 0) is 25.3 Å². The lowest BCUT2D eigenvalue weighted by molar-refractivity contribution is -0.132. The summed E-state index contributed by atoms with van der Waals surface area (Å²) in [6.45, 7) is 3.05. The first-order chi connectivity index (χ1) is 9.58. The first kappa shape index (κ1) is 15.0. The molecule has 1 fully saturated rings. The van der Waals surface area contributed by atoms with Crippen molar-refractivity contribution in [2.75, 3.05) is 6.54 Å². The second-order valence-corrected chi connectivity index (χ2v) is 5.96. The molecular formula is C16H22N2OS. The van der Waals surface area contributed by atoms with Crippen LogP contribution in [0.5, 0.6) is 0 Å². The normalized spacial score (nSPS) is 19.4. The second-order valence-electron chi connectivity index (χ2n) is 5.52. The van der Waals surface area contributed by atoms with E-state index in [1.165, 1.54) is 12.8 Å². The van der Waals surface area contributed by atoms with Gasteiger partial charge >= 0.3 is 0 Å². The van der Waals surface area contributed by atoms with Gasteiger partial charge in [-0.15, -0.1) is 0 Å². The summed E-state index contributed by atoms with van der Waals surface area (Å²) in [5.41, 5.74) is 7.44. The molecule has 4 heteroatoms. The number of rotatable bonds is 3. The number of hydrogen-bond donors (Lipinski definition) is 1. The van der Waals surface area contributed by atoms with Crippen LogP contribution in [0, 0.1) is 0 Å². The van der Waals surface area contributed by atoms with Crippen molar-refractivity contribution in [3.8, 4) is 0 Å². The van der Waals surface area contributed by atoms with Gasteiger partial charge in [0.25, 0.3) is 0 Å². The van der Waals surface area contributed by atoms with Crippen LogP contribution >= 0.6 is 12.2 Å². The molecule has 0 spiro atoms. The summed E-state index contributed by atoms with van der Waals surface area (Å²) in [4.78, 5) is 14.9. The molecule has 1 saturated heterocycles. The summed E-state index contributed by atoms with van der Waals surface area (Å²) < 4.78 is 0. The van der Waals surface area contributed by atoms with E-state index in [1.807, 2.05) is 29.2 Å². The zero-order valence-corrected chi connectivity index (χ0v) is 12.8. The smallest absolute Gasteiger partial charge is 0.227 e. The van der Waals surface area contributed by atoms with Crippen LogP contribution in [-0.4, -0.2) is 28.4 Å². The fourth-order valence-corrected chi connectivity index (χ4v) is 2.84. The monoisotopic (exact) mass is 290 g/mol. The molecule has 3 nitrogen and oxygen atoms in total. The number of nitrogens with zero attached hydrogens (tertiary/aromatic N) is 1. The molecular weight excluding hydrogens is 268 g/mol. The minimum atomic E-state index is 0.225. The molecule has 2 N–H and O–H groups in total. The van der Waals surface area contributed by atoms with E-state index in [0.717, 1.165) is 30.5 Å². The predicted octanol–water partition coefficient (Wildman–Crippen LogP) is 2.65. The van der Waals surface area contributed by atoms with Gasteiger partial charge in [-0.3, -0.25) is 4.79 Å². The molecule has 108 valence electrons. The fraction of sp³-hybridized carbons (Fsp3) is 0.500. The van der Waals surface area contributed by atoms with Crippen molar-refractivity contribution in [3.63, 3.8) is 0 Å². The third-order valence-corrected chi connectivity index (χ3v) is 4.20. The van der Waals surface area contributed by atoms with Crippen LogP contribution < -0.4 is 5.73 Å². The molecule has 0 saturated carbocycles. The number of hydrogen-bond acceptors (Lipinski definition) is 2. The van der Waals surface area contributed by atoms with Crippen LogP contribution in [0.2, 0.25) is 0 Å². The maximum atomic E-state index is 12.4. The van der Waals surface area contributed by atoms with Crippen molar-refractivity contribution in [1.82, 2.24) is 4.90 Å². The van der Waals surface area contributed by atoms with Crippen LogP contribution in [-0.2, 0) is 11.2 Å². The number of benzene rings is 1. The average molecular weight is 290 g/mol. The van der Waals surface area contributed by atoms with Gasteiger partial charge in [0, 0.05) is 18.2 Å². The van der Waals surface area contributed by atoms with Crippen LogP contribution in [0.1, 0.15) is 43.7 Å². The van der Waals surface area contributed by atoms with Gasteiger partial charge in [0.2, 0.25) is 5.91 Å². The molecule has 2 rings (SSSR count). The first-order valence-corrected chi connectivity index (χ1v) is 7.67. The minimum Gasteiger partial charge on any atom is -0.389 e. The largest absolute Gasteiger partial charge is 0.389 e. The van der Waals surface area contributed by atoms with Crippen molar-refractivity contribution < 1.29 is 4.79 Å². The molecule has 1 amide bonds. The SMILES string of the molecule is CC1CCCCCN1C(=O)Cc1ccc(C(N)=S)cc1. The lowest BCUT2D eigenvalue weighted by atomic mass is 10.1. The molecule has 0 aromatic heterocycles. The summed E-state index contributed by atoms with van der Waals surface area (Å²) in [6, 6.07) is 8.01. The third-order valence-electron chi connectivity index (χ3n) is 3.97. The average Bonchev–Trinajstić information content (AvgIpc) is 2.64.